The molecular formula is C22H44O4. The van der Waals surface area contributed by atoms with Gasteiger partial charge in [0.25, 0.3) is 0 Å². The first-order chi connectivity index (χ1) is 12.6. The standard InChI is InChI=1S/C12H24O2.C10H20O2/c1-3-5-7-9-11-14-12(13)10-8-6-4-2;1-3-5-6-7-9-12-10(11)8-4-2/h3-11H2,1-2H3;3-9H2,1-2H3. The fourth-order valence-corrected chi connectivity index (χ4v) is 2.30. The van der Waals surface area contributed by atoms with E-state index in [-0.39, 0.29) is 11.9 Å². The van der Waals surface area contributed by atoms with Crippen molar-refractivity contribution >= 4 is 11.9 Å². The Bertz CT molecular complexity index is 303. The first-order valence-electron chi connectivity index (χ1n) is 10.9. The van der Waals surface area contributed by atoms with Crippen molar-refractivity contribution in [2.75, 3.05) is 13.2 Å². The summed E-state index contributed by atoms with van der Waals surface area (Å²) in [4.78, 5) is 22.0. The molecule has 0 aliphatic rings. The second-order valence-corrected chi connectivity index (χ2v) is 6.77. The molecule has 0 aromatic heterocycles. The zero-order valence-corrected chi connectivity index (χ0v) is 17.9. The molecule has 156 valence electrons. The minimum Gasteiger partial charge on any atom is -0.466 e. The summed E-state index contributed by atoms with van der Waals surface area (Å²) in [7, 11) is 0. The summed E-state index contributed by atoms with van der Waals surface area (Å²) in [5.41, 5.74) is 0. The average molecular weight is 373 g/mol. The molecule has 0 fully saturated rings. The third-order valence-corrected chi connectivity index (χ3v) is 3.96. The first-order valence-corrected chi connectivity index (χ1v) is 10.9. The zero-order chi connectivity index (χ0) is 19.9. The molecule has 0 aromatic carbocycles. The van der Waals surface area contributed by atoms with E-state index in [0.717, 1.165) is 38.5 Å². The maximum atomic E-state index is 11.1. The molecule has 0 saturated carbocycles. The van der Waals surface area contributed by atoms with Crippen molar-refractivity contribution in [3.63, 3.8) is 0 Å². The summed E-state index contributed by atoms with van der Waals surface area (Å²) in [5, 5.41) is 0. The quantitative estimate of drug-likeness (QED) is 0.226. The Labute approximate surface area is 162 Å². The summed E-state index contributed by atoms with van der Waals surface area (Å²) >= 11 is 0. The van der Waals surface area contributed by atoms with E-state index in [0.29, 0.717) is 26.1 Å². The van der Waals surface area contributed by atoms with Crippen LogP contribution < -0.4 is 0 Å². The number of hydrogen-bond donors (Lipinski definition) is 0. The van der Waals surface area contributed by atoms with Gasteiger partial charge in [-0.25, -0.2) is 0 Å². The van der Waals surface area contributed by atoms with E-state index in [2.05, 4.69) is 20.8 Å². The SMILES string of the molecule is CCCCCCOC(=O)CCC.CCCCCCOC(=O)CCCCC. The molecule has 0 spiro atoms. The lowest BCUT2D eigenvalue weighted by molar-refractivity contribution is -0.144. The van der Waals surface area contributed by atoms with E-state index in [1.807, 2.05) is 6.92 Å². The number of carbonyl (C=O) groups is 2. The van der Waals surface area contributed by atoms with Gasteiger partial charge < -0.3 is 9.47 Å². The molecule has 0 unspecified atom stereocenters. The largest absolute Gasteiger partial charge is 0.466 e. The summed E-state index contributed by atoms with van der Waals surface area (Å²) in [6.45, 7) is 9.69. The molecule has 0 aliphatic carbocycles. The highest BCUT2D eigenvalue weighted by Gasteiger charge is 2.01. The van der Waals surface area contributed by atoms with Crippen molar-refractivity contribution in [2.45, 2.75) is 118 Å². The van der Waals surface area contributed by atoms with E-state index in [1.54, 1.807) is 0 Å². The van der Waals surface area contributed by atoms with Crippen LogP contribution in [0, 0.1) is 0 Å². The lowest BCUT2D eigenvalue weighted by atomic mass is 10.2. The number of carbonyl (C=O) groups excluding carboxylic acids is 2. The predicted molar refractivity (Wildman–Crippen MR) is 109 cm³/mol. The van der Waals surface area contributed by atoms with Gasteiger partial charge in [0.1, 0.15) is 0 Å². The minimum absolute atomic E-state index is 0.0186. The van der Waals surface area contributed by atoms with E-state index in [9.17, 15) is 9.59 Å². The third kappa shape index (κ3) is 25.2. The lowest BCUT2D eigenvalue weighted by Crippen LogP contribution is -2.05. The fourth-order valence-electron chi connectivity index (χ4n) is 2.30. The Morgan fingerprint density at radius 1 is 0.500 bits per heavy atom. The van der Waals surface area contributed by atoms with Gasteiger partial charge in [0.05, 0.1) is 13.2 Å². The van der Waals surface area contributed by atoms with Gasteiger partial charge in [0.15, 0.2) is 0 Å². The summed E-state index contributed by atoms with van der Waals surface area (Å²) in [5.74, 6) is -0.0658. The third-order valence-electron chi connectivity index (χ3n) is 3.96. The number of ether oxygens (including phenoxy) is 2. The highest BCUT2D eigenvalue weighted by atomic mass is 16.5. The minimum atomic E-state index is -0.0472. The highest BCUT2D eigenvalue weighted by Crippen LogP contribution is 2.03. The summed E-state index contributed by atoms with van der Waals surface area (Å²) in [6, 6.07) is 0. The van der Waals surface area contributed by atoms with Gasteiger partial charge in [-0.2, -0.15) is 0 Å². The molecule has 0 atom stereocenters. The monoisotopic (exact) mass is 372 g/mol. The van der Waals surface area contributed by atoms with E-state index in [4.69, 9.17) is 9.47 Å². The normalized spacial score (nSPS) is 10.0. The van der Waals surface area contributed by atoms with Gasteiger partial charge in [-0.3, -0.25) is 9.59 Å². The van der Waals surface area contributed by atoms with Gasteiger partial charge in [-0.05, 0) is 25.7 Å². The van der Waals surface area contributed by atoms with Crippen LogP contribution >= 0.6 is 0 Å². The maximum Gasteiger partial charge on any atom is 0.305 e. The van der Waals surface area contributed by atoms with Crippen molar-refractivity contribution in [1.82, 2.24) is 0 Å². The zero-order valence-electron chi connectivity index (χ0n) is 17.9. The molecule has 4 nitrogen and oxygen atoms in total. The Morgan fingerprint density at radius 3 is 1.35 bits per heavy atom. The van der Waals surface area contributed by atoms with Crippen LogP contribution in [0.4, 0.5) is 0 Å². The average Bonchev–Trinajstić information content (AvgIpc) is 2.62. The van der Waals surface area contributed by atoms with Crippen LogP contribution in [-0.4, -0.2) is 25.2 Å². The first kappa shape index (κ1) is 27.2. The lowest BCUT2D eigenvalue weighted by Gasteiger charge is -2.03. The Hall–Kier alpha value is -1.06. The van der Waals surface area contributed by atoms with Crippen LogP contribution in [0.15, 0.2) is 0 Å². The van der Waals surface area contributed by atoms with Gasteiger partial charge in [-0.1, -0.05) is 79.1 Å². The molecular weight excluding hydrogens is 328 g/mol. The van der Waals surface area contributed by atoms with Crippen LogP contribution in [0.3, 0.4) is 0 Å². The van der Waals surface area contributed by atoms with E-state index >= 15 is 0 Å². The summed E-state index contributed by atoms with van der Waals surface area (Å²) < 4.78 is 10.1. The van der Waals surface area contributed by atoms with Crippen molar-refractivity contribution in [1.29, 1.82) is 0 Å². The summed E-state index contributed by atoms with van der Waals surface area (Å²) in [6.07, 6.45) is 14.6. The van der Waals surface area contributed by atoms with E-state index in [1.165, 1.54) is 38.5 Å². The molecule has 26 heavy (non-hydrogen) atoms. The maximum absolute atomic E-state index is 11.1. The van der Waals surface area contributed by atoms with Crippen molar-refractivity contribution in [3.05, 3.63) is 0 Å². The van der Waals surface area contributed by atoms with Crippen molar-refractivity contribution in [3.8, 4) is 0 Å². The van der Waals surface area contributed by atoms with Gasteiger partial charge in [-0.15, -0.1) is 0 Å². The highest BCUT2D eigenvalue weighted by molar-refractivity contribution is 5.69. The van der Waals surface area contributed by atoms with Crippen LogP contribution in [0.1, 0.15) is 118 Å². The Kier molecular flexibility index (Phi) is 25.0. The van der Waals surface area contributed by atoms with Crippen molar-refractivity contribution in [2.24, 2.45) is 0 Å². The van der Waals surface area contributed by atoms with Gasteiger partial charge >= 0.3 is 11.9 Å². The fraction of sp³-hybridized carbons (Fsp3) is 0.909. The van der Waals surface area contributed by atoms with Gasteiger partial charge in [0, 0.05) is 12.8 Å². The van der Waals surface area contributed by atoms with Crippen molar-refractivity contribution < 1.29 is 19.1 Å². The van der Waals surface area contributed by atoms with Crippen LogP contribution in [0.5, 0.6) is 0 Å². The molecule has 0 amide bonds. The predicted octanol–water partition coefficient (Wildman–Crippen LogP) is 6.60. The topological polar surface area (TPSA) is 52.6 Å². The molecule has 0 saturated heterocycles. The van der Waals surface area contributed by atoms with Crippen LogP contribution in [0.25, 0.3) is 0 Å². The second-order valence-electron chi connectivity index (χ2n) is 6.77. The number of hydrogen-bond acceptors (Lipinski definition) is 4. The molecule has 0 rings (SSSR count). The molecule has 0 aromatic rings. The molecule has 0 heterocycles. The van der Waals surface area contributed by atoms with Gasteiger partial charge in [0.2, 0.25) is 0 Å². The molecule has 0 radical (unpaired) electrons. The smallest absolute Gasteiger partial charge is 0.305 e. The number of unbranched alkanes of at least 4 members (excludes halogenated alkanes) is 8. The Morgan fingerprint density at radius 2 is 0.923 bits per heavy atom. The molecule has 4 heteroatoms. The molecule has 0 bridgehead atoms. The number of rotatable bonds is 16. The van der Waals surface area contributed by atoms with Crippen LogP contribution in [-0.2, 0) is 19.1 Å². The number of esters is 2. The second kappa shape index (κ2) is 23.9. The Balaban J connectivity index is 0. The van der Waals surface area contributed by atoms with E-state index < -0.39 is 0 Å². The van der Waals surface area contributed by atoms with Crippen LogP contribution in [0.2, 0.25) is 0 Å². The molecule has 0 aliphatic heterocycles. The molecule has 0 N–H and O–H groups in total.